The Bertz CT molecular complexity index is 2160. The molecule has 0 unspecified atom stereocenters. The molecule has 0 spiro atoms. The molecular formula is C52H68N4O8. The van der Waals surface area contributed by atoms with Crippen LogP contribution in [0.1, 0.15) is 174 Å². The second-order valence-corrected chi connectivity index (χ2v) is 20.2. The maximum atomic E-state index is 12.6. The molecule has 344 valence electrons. The van der Waals surface area contributed by atoms with Crippen LogP contribution in [0.25, 0.3) is 0 Å². The predicted octanol–water partition coefficient (Wildman–Crippen LogP) is 9.67. The molecular weight excluding hydrogens is 809 g/mol. The first kappa shape index (κ1) is 44.3. The van der Waals surface area contributed by atoms with Crippen LogP contribution < -0.4 is 18.9 Å². The Hall–Kier alpha value is -4.88. The van der Waals surface area contributed by atoms with E-state index in [9.17, 15) is 20.4 Å². The van der Waals surface area contributed by atoms with E-state index in [4.69, 9.17) is 18.9 Å². The molecule has 0 aromatic heterocycles. The molecule has 4 heterocycles. The second-order valence-electron chi connectivity index (χ2n) is 20.2. The Labute approximate surface area is 378 Å². The summed E-state index contributed by atoms with van der Waals surface area (Å²) in [6.07, 6.45) is 0. The van der Waals surface area contributed by atoms with Crippen LogP contribution in [0.4, 0.5) is 0 Å². The maximum absolute atomic E-state index is 12.6. The van der Waals surface area contributed by atoms with E-state index in [2.05, 4.69) is 127 Å². The Morgan fingerprint density at radius 2 is 0.547 bits per heavy atom. The Balaban J connectivity index is 1.38. The number of aromatic hydroxyl groups is 4. The van der Waals surface area contributed by atoms with E-state index in [1.165, 1.54) is 0 Å². The zero-order valence-corrected chi connectivity index (χ0v) is 39.8. The highest BCUT2D eigenvalue weighted by Gasteiger charge is 2.39. The SMILES string of the molecule is CC(C)N1COc2c3cc(c(O)c2C1)[C@@H](C)c1cc(c(O)c2c1OCN(C(C)C)C2)[C@H](C)c1cc(c(O)c2c1OCN(C(C)C)C2)[C@H](C)c1cc(c(O)c2c1OCN(C(C)C)C2)[C@H]3C. The molecule has 4 aromatic rings. The van der Waals surface area contributed by atoms with Crippen molar-refractivity contribution in [2.45, 2.75) is 157 Å². The van der Waals surface area contributed by atoms with Crippen LogP contribution in [0.2, 0.25) is 0 Å². The van der Waals surface area contributed by atoms with Gasteiger partial charge in [0.1, 0.15) is 72.9 Å². The van der Waals surface area contributed by atoms with Crippen LogP contribution in [0.15, 0.2) is 24.3 Å². The van der Waals surface area contributed by atoms with Crippen molar-refractivity contribution in [3.8, 4) is 46.0 Å². The fourth-order valence-electron chi connectivity index (χ4n) is 10.5. The highest BCUT2D eigenvalue weighted by atomic mass is 16.5. The zero-order valence-electron chi connectivity index (χ0n) is 39.8. The summed E-state index contributed by atoms with van der Waals surface area (Å²) in [5, 5.41) is 50.2. The molecule has 4 atom stereocenters. The summed E-state index contributed by atoms with van der Waals surface area (Å²) in [6.45, 7) is 28.8. The fraction of sp³-hybridized carbons (Fsp3) is 0.538. The lowest BCUT2D eigenvalue weighted by atomic mass is 9.78. The molecule has 8 bridgehead atoms. The van der Waals surface area contributed by atoms with E-state index >= 15 is 0 Å². The average molecular weight is 877 g/mol. The van der Waals surface area contributed by atoms with Crippen molar-refractivity contribution in [3.63, 3.8) is 0 Å². The molecule has 1 aliphatic carbocycles. The number of phenols is 4. The third-order valence-electron chi connectivity index (χ3n) is 15.2. The number of hydrogen-bond acceptors (Lipinski definition) is 12. The van der Waals surface area contributed by atoms with Crippen molar-refractivity contribution >= 4 is 0 Å². The lowest BCUT2D eigenvalue weighted by molar-refractivity contribution is 0.0653. The van der Waals surface area contributed by atoms with Gasteiger partial charge in [0.2, 0.25) is 0 Å². The van der Waals surface area contributed by atoms with Crippen molar-refractivity contribution in [1.29, 1.82) is 0 Å². The molecule has 9 rings (SSSR count). The number of nitrogens with zero attached hydrogens (tertiary/aromatic N) is 4. The smallest absolute Gasteiger partial charge is 0.142 e. The Morgan fingerprint density at radius 3 is 0.719 bits per heavy atom. The summed E-state index contributed by atoms with van der Waals surface area (Å²) in [4.78, 5) is 8.78. The van der Waals surface area contributed by atoms with E-state index in [-0.39, 0.29) is 47.2 Å². The van der Waals surface area contributed by atoms with Gasteiger partial charge in [-0.15, -0.1) is 0 Å². The van der Waals surface area contributed by atoms with E-state index in [1.54, 1.807) is 0 Å². The topological polar surface area (TPSA) is 131 Å². The van der Waals surface area contributed by atoms with E-state index in [1.807, 2.05) is 0 Å². The van der Waals surface area contributed by atoms with Crippen LogP contribution in [0.3, 0.4) is 0 Å². The number of fused-ring (bicyclic) bond motifs is 16. The predicted molar refractivity (Wildman–Crippen MR) is 247 cm³/mol. The van der Waals surface area contributed by atoms with Gasteiger partial charge >= 0.3 is 0 Å². The fourth-order valence-corrected chi connectivity index (χ4v) is 10.5. The number of ether oxygens (including phenoxy) is 4. The molecule has 0 amide bonds. The molecule has 64 heavy (non-hydrogen) atoms. The zero-order chi connectivity index (χ0) is 45.8. The van der Waals surface area contributed by atoms with Crippen molar-refractivity contribution in [3.05, 3.63) is 91.0 Å². The summed E-state index contributed by atoms with van der Waals surface area (Å²) in [6, 6.07) is 8.90. The van der Waals surface area contributed by atoms with Gasteiger partial charge in [-0.3, -0.25) is 19.6 Å². The minimum absolute atomic E-state index is 0.167. The van der Waals surface area contributed by atoms with Crippen molar-refractivity contribution in [2.75, 3.05) is 26.9 Å². The summed E-state index contributed by atoms with van der Waals surface area (Å²) < 4.78 is 26.6. The average Bonchev–Trinajstić information content (AvgIpc) is 3.28. The lowest BCUT2D eigenvalue weighted by Gasteiger charge is -2.38. The van der Waals surface area contributed by atoms with Gasteiger partial charge in [-0.2, -0.15) is 0 Å². The lowest BCUT2D eigenvalue weighted by Crippen LogP contribution is -2.38. The highest BCUT2D eigenvalue weighted by molar-refractivity contribution is 5.68. The largest absolute Gasteiger partial charge is 0.507 e. The first-order valence-electron chi connectivity index (χ1n) is 23.4. The van der Waals surface area contributed by atoms with Gasteiger partial charge in [-0.1, -0.05) is 27.7 Å². The van der Waals surface area contributed by atoms with Gasteiger partial charge in [0.25, 0.3) is 0 Å². The minimum atomic E-state index is -0.398. The van der Waals surface area contributed by atoms with Crippen LogP contribution in [-0.4, -0.2) is 91.1 Å². The minimum Gasteiger partial charge on any atom is -0.507 e. The summed E-state index contributed by atoms with van der Waals surface area (Å²) in [7, 11) is 0. The van der Waals surface area contributed by atoms with Crippen LogP contribution in [-0.2, 0) is 26.2 Å². The molecule has 4 N–H and O–H groups in total. The first-order valence-corrected chi connectivity index (χ1v) is 23.4. The molecule has 0 fully saturated rings. The standard InChI is InChI=1S/C52H68N4O8/c1-25(2)53-17-41-45(57)33-13-37(49(41)61-21-53)30(10)34-14-39(51-42(46(34)58)18-54(23-63-51)26(3)4)32(12)36-16-40(52-44(48(36)60)20-56(24-64-52)28(7)8)31(11)35-15-38(29(33)9)50-43(47(35)59)19-55(22-62-50)27(5)6/h13-16,25-32,57-60H,17-24H2,1-12H3/t29-,30-,31+,32+. The molecule has 5 aliphatic rings. The van der Waals surface area contributed by atoms with Crippen molar-refractivity contribution in [2.24, 2.45) is 0 Å². The number of rotatable bonds is 4. The molecule has 0 radical (unpaired) electrons. The Morgan fingerprint density at radius 1 is 0.359 bits per heavy atom. The van der Waals surface area contributed by atoms with Crippen LogP contribution in [0.5, 0.6) is 46.0 Å². The number of hydrogen-bond donors (Lipinski definition) is 4. The van der Waals surface area contributed by atoms with Gasteiger partial charge < -0.3 is 39.4 Å². The first-order chi connectivity index (χ1) is 30.4. The molecule has 4 aliphatic heterocycles. The maximum Gasteiger partial charge on any atom is 0.142 e. The van der Waals surface area contributed by atoms with Crippen molar-refractivity contribution in [1.82, 2.24) is 19.6 Å². The normalized spacial score (nSPS) is 22.6. The summed E-state index contributed by atoms with van der Waals surface area (Å²) >= 11 is 0. The van der Waals surface area contributed by atoms with E-state index in [0.29, 0.717) is 121 Å². The number of phenolic OH excluding ortho intramolecular Hbond substituents is 4. The third kappa shape index (κ3) is 7.11. The molecule has 0 saturated heterocycles. The van der Waals surface area contributed by atoms with Gasteiger partial charge in [0.05, 0.1) is 22.3 Å². The number of benzene rings is 4. The Kier molecular flexibility index (Phi) is 11.4. The van der Waals surface area contributed by atoms with Gasteiger partial charge in [-0.25, -0.2) is 0 Å². The van der Waals surface area contributed by atoms with Crippen molar-refractivity contribution < 1.29 is 39.4 Å². The van der Waals surface area contributed by atoms with Crippen LogP contribution >= 0.6 is 0 Å². The second kappa shape index (κ2) is 16.5. The van der Waals surface area contributed by atoms with Gasteiger partial charge in [0.15, 0.2) is 0 Å². The molecule has 0 saturated carbocycles. The van der Waals surface area contributed by atoms with Gasteiger partial charge in [-0.05, 0) is 79.7 Å². The monoisotopic (exact) mass is 877 g/mol. The molecule has 12 nitrogen and oxygen atoms in total. The summed E-state index contributed by atoms with van der Waals surface area (Å²) in [5.74, 6) is 1.61. The van der Waals surface area contributed by atoms with E-state index in [0.717, 1.165) is 22.3 Å². The quantitative estimate of drug-likeness (QED) is 0.156. The van der Waals surface area contributed by atoms with Gasteiger partial charge in [0, 0.05) is 119 Å². The van der Waals surface area contributed by atoms with E-state index < -0.39 is 23.7 Å². The third-order valence-corrected chi connectivity index (χ3v) is 15.2. The molecule has 4 aromatic carbocycles. The molecule has 12 heteroatoms. The van der Waals surface area contributed by atoms with Crippen LogP contribution in [0, 0.1) is 0 Å². The highest BCUT2D eigenvalue weighted by Crippen LogP contribution is 2.55. The summed E-state index contributed by atoms with van der Waals surface area (Å²) in [5.41, 5.74) is 9.11.